The fourth-order valence-electron chi connectivity index (χ4n) is 3.70. The molecule has 132 valence electrons. The van der Waals surface area contributed by atoms with E-state index in [1.807, 2.05) is 12.3 Å². The van der Waals surface area contributed by atoms with Gasteiger partial charge >= 0.3 is 0 Å². The zero-order chi connectivity index (χ0) is 17.2. The number of carbonyl (C=O) groups excluding carboxylic acids is 1. The van der Waals surface area contributed by atoms with Gasteiger partial charge in [-0.1, -0.05) is 30.3 Å². The van der Waals surface area contributed by atoms with E-state index in [1.54, 1.807) is 29.2 Å². The molecule has 4 rings (SSSR count). The third kappa shape index (κ3) is 3.60. The van der Waals surface area contributed by atoms with Crippen molar-refractivity contribution < 1.29 is 9.18 Å². The number of nitrogens with zero attached hydrogens (tertiary/aromatic N) is 3. The Kier molecular flexibility index (Phi) is 4.55. The van der Waals surface area contributed by atoms with E-state index in [1.165, 1.54) is 12.8 Å². The number of halogens is 1. The largest absolute Gasteiger partial charge is 0.340 e. The maximum atomic E-state index is 14.5. The highest BCUT2D eigenvalue weighted by Gasteiger charge is 2.31. The third-order valence-corrected chi connectivity index (χ3v) is 5.38. The fourth-order valence-corrected chi connectivity index (χ4v) is 3.70. The number of benzene rings is 1. The lowest BCUT2D eigenvalue weighted by Crippen LogP contribution is -2.40. The van der Waals surface area contributed by atoms with Gasteiger partial charge < -0.3 is 9.47 Å². The number of aromatic nitrogens is 2. The number of imidazole rings is 1. The van der Waals surface area contributed by atoms with Crippen LogP contribution in [-0.4, -0.2) is 33.4 Å². The van der Waals surface area contributed by atoms with Crippen LogP contribution in [0.25, 0.3) is 0 Å². The van der Waals surface area contributed by atoms with E-state index in [-0.39, 0.29) is 0 Å². The molecular formula is C20H24FN3O. The second-order valence-corrected chi connectivity index (χ2v) is 7.25. The number of rotatable bonds is 5. The van der Waals surface area contributed by atoms with Gasteiger partial charge in [-0.2, -0.15) is 0 Å². The first-order valence-electron chi connectivity index (χ1n) is 9.21. The van der Waals surface area contributed by atoms with Crippen LogP contribution >= 0.6 is 0 Å². The molecule has 0 spiro atoms. The molecule has 1 aliphatic carbocycles. The van der Waals surface area contributed by atoms with Crippen LogP contribution in [0.2, 0.25) is 0 Å². The van der Waals surface area contributed by atoms with Crippen LogP contribution in [-0.2, 0) is 11.3 Å². The second-order valence-electron chi connectivity index (χ2n) is 7.25. The summed E-state index contributed by atoms with van der Waals surface area (Å²) in [7, 11) is 0. The summed E-state index contributed by atoms with van der Waals surface area (Å²) in [6, 6.07) is 8.70. The normalized spacial score (nSPS) is 19.8. The summed E-state index contributed by atoms with van der Waals surface area (Å²) >= 11 is 0. The molecule has 0 radical (unpaired) electrons. The van der Waals surface area contributed by atoms with Crippen LogP contribution in [0, 0.1) is 5.92 Å². The van der Waals surface area contributed by atoms with Crippen molar-refractivity contribution in [2.75, 3.05) is 13.1 Å². The molecule has 5 heteroatoms. The van der Waals surface area contributed by atoms with Crippen molar-refractivity contribution >= 4 is 5.91 Å². The number of hydrogen-bond acceptors (Lipinski definition) is 2. The Morgan fingerprint density at radius 3 is 2.56 bits per heavy atom. The van der Waals surface area contributed by atoms with Crippen LogP contribution in [0.1, 0.15) is 49.2 Å². The monoisotopic (exact) mass is 341 g/mol. The van der Waals surface area contributed by atoms with Gasteiger partial charge in [-0.15, -0.1) is 0 Å². The topological polar surface area (TPSA) is 38.1 Å². The molecular weight excluding hydrogens is 317 g/mol. The van der Waals surface area contributed by atoms with E-state index in [9.17, 15) is 9.18 Å². The Morgan fingerprint density at radius 2 is 1.88 bits per heavy atom. The highest BCUT2D eigenvalue weighted by Crippen LogP contribution is 2.34. The van der Waals surface area contributed by atoms with Crippen molar-refractivity contribution in [3.8, 4) is 0 Å². The standard InChI is InChI=1S/C20H24FN3O/c21-18(16-4-2-1-3-5-16)20(25)23-11-8-17(9-12-23)19-22-10-13-24(19)14-15-6-7-15/h1-5,10,13,15,17-18H,6-9,11-12,14H2/t18-/m1/s1. The SMILES string of the molecule is O=C([C@H](F)c1ccccc1)N1CCC(c2nccn2CC2CC2)CC1. The van der Waals surface area contributed by atoms with Gasteiger partial charge in [0.15, 0.2) is 0 Å². The number of carbonyl (C=O) groups is 1. The number of likely N-dealkylation sites (tertiary alicyclic amines) is 1. The van der Waals surface area contributed by atoms with Crippen LogP contribution in [0.5, 0.6) is 0 Å². The number of amides is 1. The molecule has 1 aromatic heterocycles. The zero-order valence-electron chi connectivity index (χ0n) is 14.4. The van der Waals surface area contributed by atoms with Crippen LogP contribution in [0.3, 0.4) is 0 Å². The highest BCUT2D eigenvalue weighted by molar-refractivity contribution is 5.82. The number of piperidine rings is 1. The van der Waals surface area contributed by atoms with E-state index in [0.29, 0.717) is 24.6 Å². The van der Waals surface area contributed by atoms with E-state index >= 15 is 0 Å². The lowest BCUT2D eigenvalue weighted by Gasteiger charge is -2.32. The molecule has 1 saturated carbocycles. The molecule has 1 amide bonds. The van der Waals surface area contributed by atoms with Crippen molar-refractivity contribution in [2.24, 2.45) is 5.92 Å². The number of hydrogen-bond donors (Lipinski definition) is 0. The van der Waals surface area contributed by atoms with Crippen molar-refractivity contribution in [3.05, 3.63) is 54.1 Å². The van der Waals surface area contributed by atoms with Gasteiger partial charge in [0, 0.05) is 37.9 Å². The molecule has 1 aromatic carbocycles. The Bertz CT molecular complexity index is 718. The molecule has 2 aromatic rings. The zero-order valence-corrected chi connectivity index (χ0v) is 14.4. The van der Waals surface area contributed by atoms with Crippen molar-refractivity contribution in [3.63, 3.8) is 0 Å². The summed E-state index contributed by atoms with van der Waals surface area (Å²) in [5.41, 5.74) is 0.439. The molecule has 2 heterocycles. The van der Waals surface area contributed by atoms with Crippen molar-refractivity contribution in [2.45, 2.75) is 44.3 Å². The average molecular weight is 341 g/mol. The van der Waals surface area contributed by atoms with Crippen LogP contribution in [0.4, 0.5) is 4.39 Å². The molecule has 0 N–H and O–H groups in total. The minimum Gasteiger partial charge on any atom is -0.340 e. The van der Waals surface area contributed by atoms with Gasteiger partial charge in [0.25, 0.3) is 5.91 Å². The molecule has 0 unspecified atom stereocenters. The van der Waals surface area contributed by atoms with Gasteiger partial charge in [0.05, 0.1) is 0 Å². The lowest BCUT2D eigenvalue weighted by molar-refractivity contribution is -0.137. The minimum atomic E-state index is -1.56. The van der Waals surface area contributed by atoms with Gasteiger partial charge in [-0.3, -0.25) is 4.79 Å². The summed E-state index contributed by atoms with van der Waals surface area (Å²) in [6.07, 6.45) is 6.74. The van der Waals surface area contributed by atoms with Gasteiger partial charge in [-0.05, 0) is 37.2 Å². The first kappa shape index (κ1) is 16.3. The Labute approximate surface area is 147 Å². The Hall–Kier alpha value is -2.17. The third-order valence-electron chi connectivity index (χ3n) is 5.38. The first-order chi connectivity index (χ1) is 12.2. The van der Waals surface area contributed by atoms with Gasteiger partial charge in [0.1, 0.15) is 5.82 Å². The van der Waals surface area contributed by atoms with Crippen LogP contribution < -0.4 is 0 Å². The molecule has 0 bridgehead atoms. The van der Waals surface area contributed by atoms with Gasteiger partial charge in [-0.25, -0.2) is 9.37 Å². The summed E-state index contributed by atoms with van der Waals surface area (Å²) < 4.78 is 16.8. The van der Waals surface area contributed by atoms with Crippen LogP contribution in [0.15, 0.2) is 42.7 Å². The smallest absolute Gasteiger partial charge is 0.261 e. The highest BCUT2D eigenvalue weighted by atomic mass is 19.1. The molecule has 4 nitrogen and oxygen atoms in total. The van der Waals surface area contributed by atoms with E-state index < -0.39 is 12.1 Å². The predicted molar refractivity (Wildman–Crippen MR) is 93.8 cm³/mol. The Balaban J connectivity index is 1.36. The molecule has 2 aliphatic rings. The number of alkyl halides is 1. The van der Waals surface area contributed by atoms with Crippen molar-refractivity contribution in [1.82, 2.24) is 14.5 Å². The minimum absolute atomic E-state index is 0.368. The Morgan fingerprint density at radius 1 is 1.16 bits per heavy atom. The quantitative estimate of drug-likeness (QED) is 0.831. The average Bonchev–Trinajstić information content (AvgIpc) is 3.36. The summed E-state index contributed by atoms with van der Waals surface area (Å²) in [4.78, 5) is 18.7. The maximum absolute atomic E-state index is 14.5. The lowest BCUT2D eigenvalue weighted by atomic mass is 9.95. The van der Waals surface area contributed by atoms with Crippen molar-refractivity contribution in [1.29, 1.82) is 0 Å². The summed E-state index contributed by atoms with van der Waals surface area (Å²) in [5.74, 6) is 1.91. The molecule has 1 atom stereocenters. The van der Waals surface area contributed by atoms with E-state index in [0.717, 1.165) is 31.1 Å². The van der Waals surface area contributed by atoms with E-state index in [2.05, 4.69) is 15.7 Å². The van der Waals surface area contributed by atoms with Gasteiger partial charge in [0.2, 0.25) is 6.17 Å². The molecule has 2 fully saturated rings. The molecule has 25 heavy (non-hydrogen) atoms. The summed E-state index contributed by atoms with van der Waals surface area (Å²) in [6.45, 7) is 2.27. The first-order valence-corrected chi connectivity index (χ1v) is 9.21. The second kappa shape index (κ2) is 6.98. The summed E-state index contributed by atoms with van der Waals surface area (Å²) in [5, 5.41) is 0. The predicted octanol–water partition coefficient (Wildman–Crippen LogP) is 3.71. The molecule has 1 saturated heterocycles. The molecule has 1 aliphatic heterocycles. The fraction of sp³-hybridized carbons (Fsp3) is 0.500. The van der Waals surface area contributed by atoms with E-state index in [4.69, 9.17) is 0 Å². The maximum Gasteiger partial charge on any atom is 0.261 e.